The van der Waals surface area contributed by atoms with Crippen molar-refractivity contribution in [2.45, 2.75) is 6.61 Å². The summed E-state index contributed by atoms with van der Waals surface area (Å²) < 4.78 is 7.44. The van der Waals surface area contributed by atoms with Crippen LogP contribution < -0.4 is 11.2 Å². The number of nitrogens with zero attached hydrogens (tertiary/aromatic N) is 3. The van der Waals surface area contributed by atoms with Gasteiger partial charge in [0.2, 0.25) is 0 Å². The molecule has 0 aliphatic heterocycles. The average Bonchev–Trinajstić information content (AvgIpc) is 3.12. The van der Waals surface area contributed by atoms with Crippen LogP contribution in [0.5, 0.6) is 0 Å². The molecule has 0 N–H and O–H groups in total. The molecule has 0 unspecified atom stereocenters. The number of rotatable bonds is 4. The molecule has 0 saturated heterocycles. The van der Waals surface area contributed by atoms with Crippen LogP contribution in [0.3, 0.4) is 0 Å². The molecule has 3 rings (SSSR count). The van der Waals surface area contributed by atoms with Crippen molar-refractivity contribution < 1.29 is 9.53 Å². The Morgan fingerprint density at radius 2 is 1.88 bits per heavy atom. The monoisotopic (exact) mass is 357 g/mol. The van der Waals surface area contributed by atoms with Gasteiger partial charge in [0.15, 0.2) is 5.69 Å². The van der Waals surface area contributed by atoms with Crippen molar-refractivity contribution in [3.05, 3.63) is 74.0 Å². The Labute approximate surface area is 146 Å². The molecule has 1 aromatic carbocycles. The molecule has 0 saturated carbocycles. The number of ether oxygens (including phenoxy) is 1. The van der Waals surface area contributed by atoms with Gasteiger partial charge >= 0.3 is 11.7 Å². The quantitative estimate of drug-likeness (QED) is 0.662. The highest BCUT2D eigenvalue weighted by Gasteiger charge is 2.15. The summed E-state index contributed by atoms with van der Waals surface area (Å²) in [6.45, 7) is -0.182. The second-order valence-corrected chi connectivity index (χ2v) is 6.21. The first-order valence-electron chi connectivity index (χ1n) is 7.41. The molecule has 0 bridgehead atoms. The molecular weight excluding hydrogens is 342 g/mol. The average molecular weight is 357 g/mol. The third-order valence-electron chi connectivity index (χ3n) is 3.71. The van der Waals surface area contributed by atoms with E-state index in [0.29, 0.717) is 10.7 Å². The molecule has 7 nitrogen and oxygen atoms in total. The minimum absolute atomic E-state index is 0.182. The van der Waals surface area contributed by atoms with Gasteiger partial charge in [0.05, 0.1) is 5.69 Å². The summed E-state index contributed by atoms with van der Waals surface area (Å²) >= 11 is 1.34. The van der Waals surface area contributed by atoms with Crippen LogP contribution in [0.4, 0.5) is 0 Å². The Hall–Kier alpha value is -3.00. The van der Waals surface area contributed by atoms with Crippen molar-refractivity contribution in [3.63, 3.8) is 0 Å². The van der Waals surface area contributed by atoms with Gasteiger partial charge in [-0.25, -0.2) is 14.6 Å². The van der Waals surface area contributed by atoms with E-state index < -0.39 is 17.2 Å². The number of thiazole rings is 1. The van der Waals surface area contributed by atoms with Gasteiger partial charge in [-0.2, -0.15) is 0 Å². The van der Waals surface area contributed by atoms with Crippen molar-refractivity contribution >= 4 is 17.3 Å². The number of carbonyl (C=O) groups excluding carboxylic acids is 1. The minimum atomic E-state index is -0.605. The first kappa shape index (κ1) is 16.8. The standard InChI is InChI=1S/C17H15N3O4S/c1-19-12(8-14(21)20(2)17(19)23)9-24-16(22)13-10-25-15(18-13)11-6-4-3-5-7-11/h3-8,10H,9H2,1-2H3. The van der Waals surface area contributed by atoms with Gasteiger partial charge in [-0.1, -0.05) is 30.3 Å². The van der Waals surface area contributed by atoms with E-state index in [1.54, 1.807) is 5.38 Å². The summed E-state index contributed by atoms with van der Waals surface area (Å²) in [7, 11) is 2.90. The second kappa shape index (κ2) is 6.86. The predicted octanol–water partition coefficient (Wildman–Crippen LogP) is 1.56. The minimum Gasteiger partial charge on any atom is -0.455 e. The summed E-state index contributed by atoms with van der Waals surface area (Å²) in [6.07, 6.45) is 0. The molecule has 0 radical (unpaired) electrons. The van der Waals surface area contributed by atoms with Gasteiger partial charge in [-0.15, -0.1) is 11.3 Å². The second-order valence-electron chi connectivity index (χ2n) is 5.35. The summed E-state index contributed by atoms with van der Waals surface area (Å²) in [5.74, 6) is -0.605. The number of aromatic nitrogens is 3. The Bertz CT molecular complexity index is 1030. The third kappa shape index (κ3) is 3.43. The number of hydrogen-bond donors (Lipinski definition) is 0. The Morgan fingerprint density at radius 3 is 2.60 bits per heavy atom. The molecule has 25 heavy (non-hydrogen) atoms. The summed E-state index contributed by atoms with van der Waals surface area (Å²) in [5, 5.41) is 2.33. The van der Waals surface area contributed by atoms with Crippen LogP contribution in [0.2, 0.25) is 0 Å². The van der Waals surface area contributed by atoms with Crippen molar-refractivity contribution in [3.8, 4) is 10.6 Å². The van der Waals surface area contributed by atoms with E-state index in [2.05, 4.69) is 4.98 Å². The zero-order valence-electron chi connectivity index (χ0n) is 13.6. The Balaban J connectivity index is 1.75. The summed E-state index contributed by atoms with van der Waals surface area (Å²) in [6, 6.07) is 10.8. The maximum Gasteiger partial charge on any atom is 0.358 e. The van der Waals surface area contributed by atoms with Crippen molar-refractivity contribution in [1.29, 1.82) is 0 Å². The highest BCUT2D eigenvalue weighted by molar-refractivity contribution is 7.13. The highest BCUT2D eigenvalue weighted by Crippen LogP contribution is 2.23. The lowest BCUT2D eigenvalue weighted by Gasteiger charge is -2.09. The molecule has 0 amide bonds. The van der Waals surface area contributed by atoms with Crippen molar-refractivity contribution in [2.75, 3.05) is 0 Å². The zero-order valence-corrected chi connectivity index (χ0v) is 14.4. The SMILES string of the molecule is Cn1c(COC(=O)c2csc(-c3ccccc3)n2)cc(=O)n(C)c1=O. The molecule has 128 valence electrons. The lowest BCUT2D eigenvalue weighted by molar-refractivity contribution is 0.0457. The molecule has 0 aliphatic rings. The van der Waals surface area contributed by atoms with Crippen LogP contribution in [-0.2, 0) is 25.4 Å². The molecular formula is C17H15N3O4S. The van der Waals surface area contributed by atoms with E-state index in [0.717, 1.165) is 10.1 Å². The van der Waals surface area contributed by atoms with E-state index in [1.807, 2.05) is 30.3 Å². The molecule has 0 fully saturated rings. The largest absolute Gasteiger partial charge is 0.455 e. The summed E-state index contributed by atoms with van der Waals surface area (Å²) in [5.41, 5.74) is 0.505. The number of esters is 1. The van der Waals surface area contributed by atoms with Gasteiger partial charge in [0, 0.05) is 31.1 Å². The maximum absolute atomic E-state index is 12.2. The molecule has 2 aromatic heterocycles. The van der Waals surface area contributed by atoms with Gasteiger partial charge in [0.1, 0.15) is 11.6 Å². The predicted molar refractivity (Wildman–Crippen MR) is 93.6 cm³/mol. The Kier molecular flexibility index (Phi) is 4.62. The molecule has 8 heteroatoms. The maximum atomic E-state index is 12.2. The fourth-order valence-electron chi connectivity index (χ4n) is 2.21. The van der Waals surface area contributed by atoms with Gasteiger partial charge in [0.25, 0.3) is 5.56 Å². The molecule has 2 heterocycles. The van der Waals surface area contributed by atoms with Gasteiger partial charge in [-0.3, -0.25) is 13.9 Å². The lowest BCUT2D eigenvalue weighted by atomic mass is 10.2. The van der Waals surface area contributed by atoms with E-state index in [-0.39, 0.29) is 12.3 Å². The van der Waals surface area contributed by atoms with Crippen LogP contribution in [0.15, 0.2) is 51.4 Å². The Morgan fingerprint density at radius 1 is 1.16 bits per heavy atom. The van der Waals surface area contributed by atoms with Gasteiger partial charge in [-0.05, 0) is 0 Å². The van der Waals surface area contributed by atoms with E-state index in [1.165, 1.54) is 36.1 Å². The first-order chi connectivity index (χ1) is 12.0. The first-order valence-corrected chi connectivity index (χ1v) is 8.29. The normalized spacial score (nSPS) is 10.6. The topological polar surface area (TPSA) is 83.2 Å². The number of hydrogen-bond acceptors (Lipinski definition) is 6. The van der Waals surface area contributed by atoms with Crippen molar-refractivity contribution in [2.24, 2.45) is 14.1 Å². The summed E-state index contributed by atoms with van der Waals surface area (Å²) in [4.78, 5) is 40.0. The smallest absolute Gasteiger partial charge is 0.358 e. The lowest BCUT2D eigenvalue weighted by Crippen LogP contribution is -2.38. The van der Waals surface area contributed by atoms with E-state index >= 15 is 0 Å². The van der Waals surface area contributed by atoms with Crippen LogP contribution >= 0.6 is 11.3 Å². The van der Waals surface area contributed by atoms with Crippen LogP contribution in [-0.4, -0.2) is 20.1 Å². The number of benzene rings is 1. The molecule has 3 aromatic rings. The fourth-order valence-corrected chi connectivity index (χ4v) is 3.01. The van der Waals surface area contributed by atoms with Crippen LogP contribution in [0.25, 0.3) is 10.6 Å². The highest BCUT2D eigenvalue weighted by atomic mass is 32.1. The third-order valence-corrected chi connectivity index (χ3v) is 4.60. The molecule has 0 aliphatic carbocycles. The van der Waals surface area contributed by atoms with E-state index in [9.17, 15) is 14.4 Å². The van der Waals surface area contributed by atoms with Gasteiger partial charge < -0.3 is 4.74 Å². The zero-order chi connectivity index (χ0) is 18.0. The van der Waals surface area contributed by atoms with Crippen LogP contribution in [0.1, 0.15) is 16.2 Å². The van der Waals surface area contributed by atoms with Crippen LogP contribution in [0, 0.1) is 0 Å². The molecule has 0 spiro atoms. The molecule has 0 atom stereocenters. The van der Waals surface area contributed by atoms with E-state index in [4.69, 9.17) is 4.74 Å². The number of carbonyl (C=O) groups is 1. The fraction of sp³-hybridized carbons (Fsp3) is 0.176. The van der Waals surface area contributed by atoms with Crippen molar-refractivity contribution in [1.82, 2.24) is 14.1 Å².